The summed E-state index contributed by atoms with van der Waals surface area (Å²) in [6, 6.07) is 0. The van der Waals surface area contributed by atoms with Gasteiger partial charge in [0.15, 0.2) is 0 Å². The van der Waals surface area contributed by atoms with Gasteiger partial charge in [-0.15, -0.1) is 0 Å². The fraction of sp³-hybridized carbons (Fsp3) is 0.889. The highest BCUT2D eigenvalue weighted by Crippen LogP contribution is 2.18. The quantitative estimate of drug-likeness (QED) is 0.0733. The number of allylic oxidation sites excluding steroid dienone is 2. The third-order valence-electron chi connectivity index (χ3n) is 7.54. The molecule has 36 heavy (non-hydrogen) atoms. The molecule has 0 aliphatic rings. The monoisotopic (exact) mass is 505 g/mol. The van der Waals surface area contributed by atoms with Gasteiger partial charge in [-0.2, -0.15) is 0 Å². The molecule has 0 spiro atoms. The molecule has 216 valence electrons. The van der Waals surface area contributed by atoms with Gasteiger partial charge in [0.2, 0.25) is 0 Å². The number of unbranched alkanes of at least 4 members (excludes halogenated alkanes) is 20. The van der Waals surface area contributed by atoms with Crippen LogP contribution < -0.4 is 0 Å². The van der Waals surface area contributed by atoms with Crippen molar-refractivity contribution < 1.29 is 0 Å². The number of hydrogen-bond acceptors (Lipinski definition) is 0. The van der Waals surface area contributed by atoms with E-state index in [1.807, 2.05) is 0 Å². The van der Waals surface area contributed by atoms with Crippen LogP contribution in [0.3, 0.4) is 0 Å². The van der Waals surface area contributed by atoms with Crippen molar-refractivity contribution in [2.75, 3.05) is 0 Å². The first-order valence-corrected chi connectivity index (χ1v) is 16.9. The smallest absolute Gasteiger partial charge is 0.0323 e. The van der Waals surface area contributed by atoms with Gasteiger partial charge >= 0.3 is 0 Å². The molecule has 0 aliphatic heterocycles. The predicted molar refractivity (Wildman–Crippen MR) is 170 cm³/mol. The van der Waals surface area contributed by atoms with Crippen LogP contribution in [0.1, 0.15) is 207 Å². The Labute approximate surface area is 231 Å². The molecular formula is C36H72. The first kappa shape index (κ1) is 37.6. The third kappa shape index (κ3) is 35.6. The van der Waals surface area contributed by atoms with Crippen molar-refractivity contribution in [3.63, 3.8) is 0 Å². The normalized spacial score (nSPS) is 10.8. The van der Waals surface area contributed by atoms with Gasteiger partial charge in [-0.05, 0) is 51.4 Å². The summed E-state index contributed by atoms with van der Waals surface area (Å²) in [4.78, 5) is 0. The highest BCUT2D eigenvalue weighted by atomic mass is 14.0. The van der Waals surface area contributed by atoms with E-state index in [1.165, 1.54) is 191 Å². The maximum atomic E-state index is 4.25. The molecule has 0 saturated heterocycles. The highest BCUT2D eigenvalue weighted by molar-refractivity contribution is 4.94. The molecule has 0 aromatic carbocycles. The molecule has 0 saturated carbocycles. The molecule has 0 rings (SSSR count). The fourth-order valence-electron chi connectivity index (χ4n) is 4.87. The summed E-state index contributed by atoms with van der Waals surface area (Å²) in [6.45, 7) is 17.5. The van der Waals surface area contributed by atoms with E-state index in [0.717, 1.165) is 0 Å². The van der Waals surface area contributed by atoms with Gasteiger partial charge in [0, 0.05) is 0 Å². The van der Waals surface area contributed by atoms with Crippen molar-refractivity contribution in [3.8, 4) is 0 Å². The van der Waals surface area contributed by atoms with E-state index >= 15 is 0 Å². The van der Waals surface area contributed by atoms with Crippen molar-refractivity contribution in [3.05, 3.63) is 24.3 Å². The molecule has 0 heterocycles. The third-order valence-corrected chi connectivity index (χ3v) is 7.54. The van der Waals surface area contributed by atoms with Crippen LogP contribution in [-0.2, 0) is 0 Å². The van der Waals surface area contributed by atoms with Crippen molar-refractivity contribution in [1.82, 2.24) is 0 Å². The molecule has 0 heteroatoms. The number of rotatable bonds is 28. The summed E-state index contributed by atoms with van der Waals surface area (Å²) < 4.78 is 0. The van der Waals surface area contributed by atoms with Crippen LogP contribution >= 0.6 is 0 Å². The van der Waals surface area contributed by atoms with E-state index in [1.54, 1.807) is 0 Å². The molecule has 0 aromatic rings. The van der Waals surface area contributed by atoms with E-state index in [4.69, 9.17) is 0 Å². The molecule has 0 aromatic heterocycles. The van der Waals surface area contributed by atoms with Crippen molar-refractivity contribution in [2.45, 2.75) is 207 Å². The van der Waals surface area contributed by atoms with Gasteiger partial charge in [0.25, 0.3) is 0 Å². The molecule has 0 fully saturated rings. The van der Waals surface area contributed by atoms with Crippen LogP contribution in [0, 0.1) is 0 Å². The Kier molecular flexibility index (Phi) is 36.0. The Hall–Kier alpha value is -0.520. The minimum atomic E-state index is 1.27. The lowest BCUT2D eigenvalue weighted by molar-refractivity contribution is 0.567. The van der Waals surface area contributed by atoms with Crippen molar-refractivity contribution in [1.29, 1.82) is 0 Å². The van der Waals surface area contributed by atoms with Crippen LogP contribution in [0.2, 0.25) is 0 Å². The van der Waals surface area contributed by atoms with Crippen LogP contribution in [0.5, 0.6) is 0 Å². The second-order valence-electron chi connectivity index (χ2n) is 11.6. The summed E-state index contributed by atoms with van der Waals surface area (Å²) in [5.41, 5.74) is 3.00. The molecular weight excluding hydrogens is 432 g/mol. The van der Waals surface area contributed by atoms with E-state index in [2.05, 4.69) is 40.9 Å². The second-order valence-corrected chi connectivity index (χ2v) is 11.6. The van der Waals surface area contributed by atoms with E-state index in [9.17, 15) is 0 Å². The van der Waals surface area contributed by atoms with Gasteiger partial charge in [-0.1, -0.05) is 180 Å². The average Bonchev–Trinajstić information content (AvgIpc) is 2.88. The van der Waals surface area contributed by atoms with Gasteiger partial charge < -0.3 is 0 Å². The zero-order valence-electron chi connectivity index (χ0n) is 26.2. The lowest BCUT2D eigenvalue weighted by Crippen LogP contribution is -1.86. The van der Waals surface area contributed by atoms with Crippen LogP contribution in [0.4, 0.5) is 0 Å². The fourth-order valence-corrected chi connectivity index (χ4v) is 4.87. The number of hydrogen-bond donors (Lipinski definition) is 0. The Morgan fingerprint density at radius 3 is 0.667 bits per heavy atom. The van der Waals surface area contributed by atoms with Crippen molar-refractivity contribution >= 4 is 0 Å². The lowest BCUT2D eigenvalue weighted by atomic mass is 10.0. The zero-order chi connectivity index (χ0) is 27.0. The highest BCUT2D eigenvalue weighted by Gasteiger charge is 1.98. The molecule has 0 atom stereocenters. The Bertz CT molecular complexity index is 418. The SMILES string of the molecule is C=C(CCCCCC)CCCCCCCC.C=C(CCCCCCCC)CCCCCCCCCC. The zero-order valence-corrected chi connectivity index (χ0v) is 26.2. The first-order chi connectivity index (χ1) is 17.6. The molecule has 0 unspecified atom stereocenters. The maximum Gasteiger partial charge on any atom is -0.0323 e. The molecule has 0 aliphatic carbocycles. The lowest BCUT2D eigenvalue weighted by Gasteiger charge is -2.06. The molecule has 0 nitrogen and oxygen atoms in total. The minimum absolute atomic E-state index is 1.27. The van der Waals surface area contributed by atoms with Crippen LogP contribution in [-0.4, -0.2) is 0 Å². The predicted octanol–water partition coefficient (Wildman–Crippen LogP) is 14.1. The molecule has 0 bridgehead atoms. The topological polar surface area (TPSA) is 0 Å². The van der Waals surface area contributed by atoms with Crippen LogP contribution in [0.15, 0.2) is 24.3 Å². The summed E-state index contributed by atoms with van der Waals surface area (Å²) >= 11 is 0. The summed E-state index contributed by atoms with van der Waals surface area (Å²) in [7, 11) is 0. The maximum absolute atomic E-state index is 4.25. The standard InChI is InChI=1S/C20H40.C16H32/c1-4-6-8-10-12-13-15-17-19-20(3)18-16-14-11-9-7-5-2;1-4-6-8-10-11-13-15-16(3)14-12-9-7-5-2/h3-19H2,1-2H3;3-15H2,1-2H3. The molecule has 0 radical (unpaired) electrons. The van der Waals surface area contributed by atoms with E-state index in [0.29, 0.717) is 0 Å². The first-order valence-electron chi connectivity index (χ1n) is 16.9. The molecule has 0 N–H and O–H groups in total. The van der Waals surface area contributed by atoms with Gasteiger partial charge in [0.05, 0.1) is 0 Å². The van der Waals surface area contributed by atoms with Gasteiger partial charge in [-0.3, -0.25) is 0 Å². The Morgan fingerprint density at radius 2 is 0.444 bits per heavy atom. The minimum Gasteiger partial charge on any atom is -0.0999 e. The summed E-state index contributed by atoms with van der Waals surface area (Å²) in [5.74, 6) is 0. The largest absolute Gasteiger partial charge is 0.0999 e. The van der Waals surface area contributed by atoms with E-state index < -0.39 is 0 Å². The molecule has 0 amide bonds. The van der Waals surface area contributed by atoms with Gasteiger partial charge in [0.1, 0.15) is 0 Å². The average molecular weight is 505 g/mol. The van der Waals surface area contributed by atoms with Crippen molar-refractivity contribution in [2.24, 2.45) is 0 Å². The second kappa shape index (κ2) is 34.5. The Morgan fingerprint density at radius 1 is 0.278 bits per heavy atom. The summed E-state index contributed by atoms with van der Waals surface area (Å²) in [5, 5.41) is 0. The van der Waals surface area contributed by atoms with E-state index in [-0.39, 0.29) is 0 Å². The van der Waals surface area contributed by atoms with Gasteiger partial charge in [-0.25, -0.2) is 0 Å². The summed E-state index contributed by atoms with van der Waals surface area (Å²) in [6.07, 6.45) is 38.8. The Balaban J connectivity index is 0. The van der Waals surface area contributed by atoms with Crippen LogP contribution in [0.25, 0.3) is 0 Å².